The molecule has 1 saturated heterocycles. The van der Waals surface area contributed by atoms with Crippen LogP contribution in [0.2, 0.25) is 5.15 Å². The van der Waals surface area contributed by atoms with Crippen molar-refractivity contribution in [2.75, 3.05) is 18.0 Å². The summed E-state index contributed by atoms with van der Waals surface area (Å²) in [6.45, 7) is 7.88. The molecule has 0 N–H and O–H groups in total. The number of aryl methyl sites for hydroxylation is 1. The first-order valence-corrected chi connectivity index (χ1v) is 6.40. The lowest BCUT2D eigenvalue weighted by Gasteiger charge is -2.36. The Morgan fingerprint density at radius 3 is 2.59 bits per heavy atom. The highest BCUT2D eigenvalue weighted by Crippen LogP contribution is 2.21. The summed E-state index contributed by atoms with van der Waals surface area (Å²) in [5.74, 6) is 1.70. The molecule has 1 aliphatic heterocycles. The Labute approximate surface area is 107 Å². The lowest BCUT2D eigenvalue weighted by molar-refractivity contribution is -0.00547. The molecule has 0 bridgehead atoms. The van der Waals surface area contributed by atoms with Crippen LogP contribution < -0.4 is 4.90 Å². The molecule has 2 atom stereocenters. The molecule has 94 valence electrons. The second-order valence-electron chi connectivity index (χ2n) is 4.48. The Morgan fingerprint density at radius 2 is 2.00 bits per heavy atom. The van der Waals surface area contributed by atoms with Crippen molar-refractivity contribution in [3.05, 3.63) is 17.0 Å². The van der Waals surface area contributed by atoms with E-state index in [0.29, 0.717) is 5.15 Å². The average molecular weight is 256 g/mol. The molecule has 1 fully saturated rings. The van der Waals surface area contributed by atoms with Gasteiger partial charge in [-0.05, 0) is 13.8 Å². The van der Waals surface area contributed by atoms with Crippen molar-refractivity contribution in [2.45, 2.75) is 39.4 Å². The number of rotatable bonds is 2. The number of ether oxygens (including phenoxy) is 1. The van der Waals surface area contributed by atoms with Crippen LogP contribution in [0.15, 0.2) is 6.07 Å². The molecule has 0 aliphatic carbocycles. The van der Waals surface area contributed by atoms with E-state index in [4.69, 9.17) is 16.3 Å². The maximum Gasteiger partial charge on any atom is 0.134 e. The van der Waals surface area contributed by atoms with Gasteiger partial charge in [-0.3, -0.25) is 0 Å². The van der Waals surface area contributed by atoms with Crippen molar-refractivity contribution >= 4 is 17.4 Å². The molecular formula is C12H18ClN3O. The molecule has 1 aromatic heterocycles. The molecule has 2 rings (SSSR count). The zero-order valence-electron chi connectivity index (χ0n) is 10.5. The van der Waals surface area contributed by atoms with Gasteiger partial charge in [0.15, 0.2) is 0 Å². The minimum absolute atomic E-state index is 0.220. The van der Waals surface area contributed by atoms with Crippen LogP contribution in [0, 0.1) is 0 Å². The minimum Gasteiger partial charge on any atom is -0.372 e. The van der Waals surface area contributed by atoms with Gasteiger partial charge in [-0.1, -0.05) is 18.5 Å². The van der Waals surface area contributed by atoms with E-state index in [1.165, 1.54) is 0 Å². The first-order chi connectivity index (χ1) is 8.08. The highest BCUT2D eigenvalue weighted by Gasteiger charge is 2.23. The highest BCUT2D eigenvalue weighted by atomic mass is 35.5. The van der Waals surface area contributed by atoms with Crippen molar-refractivity contribution in [1.82, 2.24) is 9.97 Å². The summed E-state index contributed by atoms with van der Waals surface area (Å²) in [6, 6.07) is 1.82. The summed E-state index contributed by atoms with van der Waals surface area (Å²) < 4.78 is 5.71. The van der Waals surface area contributed by atoms with E-state index in [9.17, 15) is 0 Å². The lowest BCUT2D eigenvalue weighted by Crippen LogP contribution is -2.46. The molecule has 5 heteroatoms. The number of aromatic nitrogens is 2. The monoisotopic (exact) mass is 255 g/mol. The maximum atomic E-state index is 6.01. The second-order valence-corrected chi connectivity index (χ2v) is 4.87. The summed E-state index contributed by atoms with van der Waals surface area (Å²) >= 11 is 6.01. The Balaban J connectivity index is 2.23. The largest absolute Gasteiger partial charge is 0.372 e. The average Bonchev–Trinajstić information content (AvgIpc) is 2.26. The van der Waals surface area contributed by atoms with Gasteiger partial charge in [0.05, 0.1) is 12.2 Å². The van der Waals surface area contributed by atoms with Gasteiger partial charge in [0.25, 0.3) is 0 Å². The van der Waals surface area contributed by atoms with Gasteiger partial charge < -0.3 is 9.64 Å². The third kappa shape index (κ3) is 3.07. The Hall–Kier alpha value is -0.870. The molecule has 0 aromatic carbocycles. The van der Waals surface area contributed by atoms with Gasteiger partial charge >= 0.3 is 0 Å². The van der Waals surface area contributed by atoms with Gasteiger partial charge in [-0.15, -0.1) is 0 Å². The predicted octanol–water partition coefficient (Wildman–Crippen LogP) is 2.31. The van der Waals surface area contributed by atoms with Crippen LogP contribution >= 0.6 is 11.6 Å². The summed E-state index contributed by atoms with van der Waals surface area (Å²) in [4.78, 5) is 10.9. The number of hydrogen-bond donors (Lipinski definition) is 0. The molecule has 1 aromatic rings. The quantitative estimate of drug-likeness (QED) is 0.760. The van der Waals surface area contributed by atoms with Crippen molar-refractivity contribution in [3.8, 4) is 0 Å². The summed E-state index contributed by atoms with van der Waals surface area (Å²) in [7, 11) is 0. The Morgan fingerprint density at radius 1 is 1.35 bits per heavy atom. The minimum atomic E-state index is 0.220. The number of morpholine rings is 1. The van der Waals surface area contributed by atoms with E-state index in [1.807, 2.05) is 13.0 Å². The number of hydrogen-bond acceptors (Lipinski definition) is 4. The van der Waals surface area contributed by atoms with Gasteiger partial charge in [0.1, 0.15) is 16.8 Å². The summed E-state index contributed by atoms with van der Waals surface area (Å²) in [5.41, 5.74) is 0. The fourth-order valence-electron chi connectivity index (χ4n) is 2.14. The lowest BCUT2D eigenvalue weighted by atomic mass is 10.2. The smallest absolute Gasteiger partial charge is 0.134 e. The van der Waals surface area contributed by atoms with Gasteiger partial charge in [-0.2, -0.15) is 0 Å². The van der Waals surface area contributed by atoms with E-state index >= 15 is 0 Å². The molecule has 0 amide bonds. The van der Waals surface area contributed by atoms with Crippen molar-refractivity contribution in [3.63, 3.8) is 0 Å². The number of nitrogens with zero attached hydrogens (tertiary/aromatic N) is 3. The molecule has 0 radical (unpaired) electrons. The van der Waals surface area contributed by atoms with Crippen LogP contribution in [0.5, 0.6) is 0 Å². The van der Waals surface area contributed by atoms with Gasteiger partial charge in [0.2, 0.25) is 0 Å². The van der Waals surface area contributed by atoms with Crippen LogP contribution in [0.3, 0.4) is 0 Å². The first kappa shape index (κ1) is 12.6. The summed E-state index contributed by atoms with van der Waals surface area (Å²) in [5, 5.41) is 0.513. The van der Waals surface area contributed by atoms with E-state index in [0.717, 1.165) is 31.2 Å². The third-order valence-electron chi connectivity index (χ3n) is 2.79. The molecular weight excluding hydrogens is 238 g/mol. The van der Waals surface area contributed by atoms with E-state index in [2.05, 4.69) is 28.7 Å². The van der Waals surface area contributed by atoms with Crippen LogP contribution in [0.4, 0.5) is 5.82 Å². The zero-order chi connectivity index (χ0) is 12.4. The topological polar surface area (TPSA) is 38.2 Å². The summed E-state index contributed by atoms with van der Waals surface area (Å²) in [6.07, 6.45) is 1.23. The first-order valence-electron chi connectivity index (χ1n) is 6.02. The molecule has 0 spiro atoms. The van der Waals surface area contributed by atoms with Crippen molar-refractivity contribution in [2.24, 2.45) is 0 Å². The van der Waals surface area contributed by atoms with Crippen LogP contribution in [-0.2, 0) is 11.2 Å². The fraction of sp³-hybridized carbons (Fsp3) is 0.667. The molecule has 0 saturated carbocycles. The second kappa shape index (κ2) is 5.19. The number of anilines is 1. The molecule has 4 nitrogen and oxygen atoms in total. The van der Waals surface area contributed by atoms with Gasteiger partial charge in [-0.25, -0.2) is 9.97 Å². The Kier molecular flexibility index (Phi) is 3.84. The highest BCUT2D eigenvalue weighted by molar-refractivity contribution is 6.29. The predicted molar refractivity (Wildman–Crippen MR) is 68.6 cm³/mol. The fourth-order valence-corrected chi connectivity index (χ4v) is 2.33. The molecule has 1 aliphatic rings. The van der Waals surface area contributed by atoms with Crippen molar-refractivity contribution < 1.29 is 4.74 Å². The molecule has 17 heavy (non-hydrogen) atoms. The maximum absolute atomic E-state index is 6.01. The van der Waals surface area contributed by atoms with Crippen LogP contribution in [0.25, 0.3) is 0 Å². The van der Waals surface area contributed by atoms with Gasteiger partial charge in [0, 0.05) is 25.6 Å². The molecule has 2 unspecified atom stereocenters. The third-order valence-corrected chi connectivity index (χ3v) is 2.98. The van der Waals surface area contributed by atoms with Crippen LogP contribution in [0.1, 0.15) is 26.6 Å². The standard InChI is InChI=1S/C12H18ClN3O/c1-4-11-14-10(13)5-12(15-11)16-6-8(2)17-9(3)7-16/h5,8-9H,4,6-7H2,1-3H3. The van der Waals surface area contributed by atoms with Crippen molar-refractivity contribution in [1.29, 1.82) is 0 Å². The molecule has 2 heterocycles. The normalized spacial score (nSPS) is 25.1. The van der Waals surface area contributed by atoms with E-state index in [-0.39, 0.29) is 12.2 Å². The SMILES string of the molecule is CCc1nc(Cl)cc(N2CC(C)OC(C)C2)n1. The van der Waals surface area contributed by atoms with E-state index in [1.54, 1.807) is 0 Å². The Bertz CT molecular complexity index is 389. The van der Waals surface area contributed by atoms with Crippen LogP contribution in [-0.4, -0.2) is 35.3 Å². The van der Waals surface area contributed by atoms with E-state index < -0.39 is 0 Å². The number of halogens is 1. The zero-order valence-corrected chi connectivity index (χ0v) is 11.2.